The van der Waals surface area contributed by atoms with E-state index in [1.165, 1.54) is 103 Å². The minimum atomic E-state index is 0.533. The number of rotatable bonds is 12. The molecule has 0 aliphatic carbocycles. The van der Waals surface area contributed by atoms with Crippen LogP contribution in [0.1, 0.15) is 158 Å². The predicted molar refractivity (Wildman–Crippen MR) is 190 cm³/mol. The van der Waals surface area contributed by atoms with Crippen LogP contribution in [0.15, 0.2) is 22.3 Å². The van der Waals surface area contributed by atoms with Crippen molar-refractivity contribution in [1.82, 2.24) is 21.3 Å². The fourth-order valence-corrected chi connectivity index (χ4v) is 10.6. The van der Waals surface area contributed by atoms with E-state index in [-0.39, 0.29) is 0 Å². The third kappa shape index (κ3) is 7.39. The van der Waals surface area contributed by atoms with E-state index in [0.717, 1.165) is 23.7 Å². The van der Waals surface area contributed by atoms with Crippen LogP contribution in [0.3, 0.4) is 0 Å². The molecule has 5 rings (SSSR count). The Hall–Kier alpha value is -0.680. The number of hydrogen-bond donors (Lipinski definition) is 4. The van der Waals surface area contributed by atoms with Crippen LogP contribution in [0.25, 0.3) is 0 Å². The Morgan fingerprint density at radius 2 is 0.841 bits per heavy atom. The molecule has 12 unspecified atom stereocenters. The van der Waals surface area contributed by atoms with Gasteiger partial charge < -0.3 is 21.3 Å². The van der Waals surface area contributed by atoms with Gasteiger partial charge in [0, 0.05) is 48.3 Å². The van der Waals surface area contributed by atoms with E-state index in [1.54, 1.807) is 22.3 Å². The highest BCUT2D eigenvalue weighted by Gasteiger charge is 2.47. The second-order valence-electron chi connectivity index (χ2n) is 16.2. The highest BCUT2D eigenvalue weighted by molar-refractivity contribution is 5.33. The Bertz CT molecular complexity index is 906. The molecule has 252 valence electrons. The maximum absolute atomic E-state index is 4.35. The topological polar surface area (TPSA) is 48.1 Å². The van der Waals surface area contributed by atoms with Crippen LogP contribution in [0, 0.1) is 23.7 Å². The third-order valence-corrected chi connectivity index (χ3v) is 13.6. The van der Waals surface area contributed by atoms with E-state index in [9.17, 15) is 0 Å². The maximum atomic E-state index is 4.35. The summed E-state index contributed by atoms with van der Waals surface area (Å²) < 4.78 is 0. The van der Waals surface area contributed by atoms with Gasteiger partial charge in [-0.05, 0) is 102 Å². The van der Waals surface area contributed by atoms with Crippen LogP contribution >= 0.6 is 0 Å². The molecule has 8 bridgehead atoms. The van der Waals surface area contributed by atoms with E-state index < -0.39 is 0 Å². The lowest BCUT2D eigenvalue weighted by Gasteiger charge is -2.28. The molecule has 5 aliphatic rings. The summed E-state index contributed by atoms with van der Waals surface area (Å²) >= 11 is 0. The molecule has 4 nitrogen and oxygen atoms in total. The lowest BCUT2D eigenvalue weighted by molar-refractivity contribution is 0.291. The highest BCUT2D eigenvalue weighted by atomic mass is 15.1. The minimum Gasteiger partial charge on any atom is -0.311 e. The summed E-state index contributed by atoms with van der Waals surface area (Å²) in [6, 6.07) is 4.64. The zero-order chi connectivity index (χ0) is 31.4. The molecular weight excluding hydrogens is 536 g/mol. The molecule has 0 saturated carbocycles. The highest BCUT2D eigenvalue weighted by Crippen LogP contribution is 2.43. The average Bonchev–Trinajstić information content (AvgIpc) is 3.66. The monoisotopic (exact) mass is 609 g/mol. The molecule has 0 aromatic carbocycles. The summed E-state index contributed by atoms with van der Waals surface area (Å²) in [5.41, 5.74) is 6.95. The van der Waals surface area contributed by atoms with Crippen molar-refractivity contribution in [2.24, 2.45) is 23.7 Å². The molecule has 3 saturated heterocycles. The van der Waals surface area contributed by atoms with Crippen LogP contribution in [0.5, 0.6) is 0 Å². The van der Waals surface area contributed by atoms with Gasteiger partial charge in [0.1, 0.15) is 0 Å². The fourth-order valence-electron chi connectivity index (χ4n) is 10.6. The molecule has 0 radical (unpaired) electrons. The summed E-state index contributed by atoms with van der Waals surface area (Å²) in [4.78, 5) is 0. The quantitative estimate of drug-likeness (QED) is 0.167. The van der Waals surface area contributed by atoms with Gasteiger partial charge in [0.05, 0.1) is 0 Å². The van der Waals surface area contributed by atoms with Crippen molar-refractivity contribution in [2.75, 3.05) is 0 Å². The number of unbranched alkanes of at least 4 members (excludes halogenated alkanes) is 4. The molecule has 4 heteroatoms. The molecule has 0 amide bonds. The van der Waals surface area contributed by atoms with E-state index in [0.29, 0.717) is 48.3 Å². The Morgan fingerprint density at radius 1 is 0.477 bits per heavy atom. The zero-order valence-corrected chi connectivity index (χ0v) is 30.2. The number of hydrogen-bond acceptors (Lipinski definition) is 4. The molecule has 0 aromatic rings. The third-order valence-electron chi connectivity index (χ3n) is 13.6. The number of nitrogens with one attached hydrogen (secondary N) is 4. The minimum absolute atomic E-state index is 0.533. The summed E-state index contributed by atoms with van der Waals surface area (Å²) in [6.45, 7) is 19.7. The van der Waals surface area contributed by atoms with E-state index in [1.807, 2.05) is 0 Å². The van der Waals surface area contributed by atoms with Gasteiger partial charge in [0.15, 0.2) is 0 Å². The molecule has 12 atom stereocenters. The van der Waals surface area contributed by atoms with Gasteiger partial charge in [-0.15, -0.1) is 0 Å². The van der Waals surface area contributed by atoms with Crippen LogP contribution in [-0.2, 0) is 0 Å². The van der Waals surface area contributed by atoms with Crippen molar-refractivity contribution < 1.29 is 0 Å². The van der Waals surface area contributed by atoms with Gasteiger partial charge in [0.2, 0.25) is 0 Å². The van der Waals surface area contributed by atoms with Crippen LogP contribution < -0.4 is 21.3 Å². The summed E-state index contributed by atoms with van der Waals surface area (Å²) in [7, 11) is 0. The first kappa shape index (κ1) is 34.6. The Morgan fingerprint density at radius 3 is 1.20 bits per heavy atom. The predicted octanol–water partition coefficient (Wildman–Crippen LogP) is 8.82. The van der Waals surface area contributed by atoms with Crippen molar-refractivity contribution in [1.29, 1.82) is 0 Å². The maximum Gasteiger partial charge on any atom is 0.0303 e. The molecule has 5 heterocycles. The first-order valence-electron chi connectivity index (χ1n) is 19.7. The first-order valence-corrected chi connectivity index (χ1v) is 19.7. The van der Waals surface area contributed by atoms with Crippen molar-refractivity contribution >= 4 is 0 Å². The lowest BCUT2D eigenvalue weighted by Crippen LogP contribution is -2.46. The smallest absolute Gasteiger partial charge is 0.0303 e. The molecule has 5 aliphatic heterocycles. The Kier molecular flexibility index (Phi) is 12.6. The largest absolute Gasteiger partial charge is 0.311 e. The van der Waals surface area contributed by atoms with Gasteiger partial charge in [-0.25, -0.2) is 0 Å². The standard InChI is InChI=1S/C40H72N4/c1-9-13-17-29-25(5)33-21-34-27(7)31(19-15-11-3)39(43-34)24-40-32(20-16-12-4)28(8)36(44-40)22-35-26(6)30(18-14-10-2)38(42-35)23-37(29)41-33/h25,28-29,32-44H,9-24H2,1-8H3. The molecular formula is C40H72N4. The molecule has 3 fully saturated rings. The molecule has 44 heavy (non-hydrogen) atoms. The summed E-state index contributed by atoms with van der Waals surface area (Å²) in [6.07, 6.45) is 21.0. The Balaban J connectivity index is 1.48. The fraction of sp³-hybridized carbons (Fsp3) is 0.900. The lowest BCUT2D eigenvalue weighted by atomic mass is 9.80. The van der Waals surface area contributed by atoms with E-state index in [2.05, 4.69) is 76.7 Å². The van der Waals surface area contributed by atoms with Crippen LogP contribution in [0.2, 0.25) is 0 Å². The summed E-state index contributed by atoms with van der Waals surface area (Å²) in [5, 5.41) is 17.3. The van der Waals surface area contributed by atoms with Gasteiger partial charge in [0.25, 0.3) is 0 Å². The molecule has 0 spiro atoms. The normalized spacial score (nSPS) is 40.9. The van der Waals surface area contributed by atoms with Crippen molar-refractivity contribution in [2.45, 2.75) is 206 Å². The van der Waals surface area contributed by atoms with E-state index in [4.69, 9.17) is 0 Å². The van der Waals surface area contributed by atoms with Crippen molar-refractivity contribution in [3.05, 3.63) is 22.3 Å². The SMILES string of the molecule is CCCCC1=C(C)C2CC3NC(CC4NC(CC5NC(CC1N2)C(CCCC)C5C)C(C)=C4CCCC)C(CCCC)C3C. The van der Waals surface area contributed by atoms with Crippen LogP contribution in [-0.4, -0.2) is 48.3 Å². The number of fused-ring (bicyclic) bond motifs is 8. The van der Waals surface area contributed by atoms with Gasteiger partial charge in [-0.1, -0.05) is 102 Å². The van der Waals surface area contributed by atoms with Crippen LogP contribution in [0.4, 0.5) is 0 Å². The second kappa shape index (κ2) is 15.9. The van der Waals surface area contributed by atoms with Crippen molar-refractivity contribution in [3.63, 3.8) is 0 Å². The zero-order valence-electron chi connectivity index (χ0n) is 30.2. The Labute approximate surface area is 273 Å². The van der Waals surface area contributed by atoms with Gasteiger partial charge in [-0.2, -0.15) is 0 Å². The van der Waals surface area contributed by atoms with Crippen molar-refractivity contribution in [3.8, 4) is 0 Å². The first-order chi connectivity index (χ1) is 21.3. The molecule has 4 N–H and O–H groups in total. The molecule has 0 aromatic heterocycles. The average molecular weight is 609 g/mol. The van der Waals surface area contributed by atoms with E-state index >= 15 is 0 Å². The summed E-state index contributed by atoms with van der Waals surface area (Å²) in [5.74, 6) is 3.08. The second-order valence-corrected chi connectivity index (χ2v) is 16.2. The van der Waals surface area contributed by atoms with Gasteiger partial charge >= 0.3 is 0 Å². The van der Waals surface area contributed by atoms with Gasteiger partial charge in [-0.3, -0.25) is 0 Å².